The summed E-state index contributed by atoms with van der Waals surface area (Å²) in [5.74, 6) is -1.07. The van der Waals surface area contributed by atoms with E-state index in [9.17, 15) is 26.4 Å². The van der Waals surface area contributed by atoms with Gasteiger partial charge in [-0.2, -0.15) is 36.0 Å². The van der Waals surface area contributed by atoms with Crippen LogP contribution in [-0.2, 0) is 30.0 Å². The molecule has 172 valence electrons. The van der Waals surface area contributed by atoms with Crippen molar-refractivity contribution in [2.45, 2.75) is 19.6 Å². The van der Waals surface area contributed by atoms with Crippen molar-refractivity contribution in [3.63, 3.8) is 0 Å². The van der Waals surface area contributed by atoms with Gasteiger partial charge in [0.25, 0.3) is 11.9 Å². The monoisotopic (exact) mass is 472 g/mol. The zero-order chi connectivity index (χ0) is 23.7. The number of amides is 1. The van der Waals surface area contributed by atoms with Gasteiger partial charge in [-0.1, -0.05) is 6.07 Å². The van der Waals surface area contributed by atoms with Crippen molar-refractivity contribution in [1.82, 2.24) is 23.8 Å². The summed E-state index contributed by atoms with van der Waals surface area (Å²) >= 11 is 0. The van der Waals surface area contributed by atoms with Gasteiger partial charge in [-0.25, -0.2) is 4.72 Å². The highest BCUT2D eigenvalue weighted by Gasteiger charge is 2.31. The van der Waals surface area contributed by atoms with Crippen LogP contribution in [0.25, 0.3) is 0 Å². The number of alkyl halides is 3. The number of halogens is 3. The first-order chi connectivity index (χ1) is 14.8. The zero-order valence-electron chi connectivity index (χ0n) is 17.1. The molecule has 0 fully saturated rings. The second-order valence-electron chi connectivity index (χ2n) is 6.90. The quantitative estimate of drug-likeness (QED) is 0.542. The molecule has 10 nitrogen and oxygen atoms in total. The van der Waals surface area contributed by atoms with Gasteiger partial charge in [-0.05, 0) is 24.6 Å². The Morgan fingerprint density at radius 2 is 2.03 bits per heavy atom. The van der Waals surface area contributed by atoms with Crippen LogP contribution < -0.4 is 10.0 Å². The molecule has 0 spiro atoms. The van der Waals surface area contributed by atoms with Gasteiger partial charge in [0.2, 0.25) is 0 Å². The third kappa shape index (κ3) is 5.45. The van der Waals surface area contributed by atoms with Gasteiger partial charge in [0.05, 0.1) is 11.8 Å². The van der Waals surface area contributed by atoms with E-state index < -0.39 is 27.9 Å². The van der Waals surface area contributed by atoms with Gasteiger partial charge in [-0.3, -0.25) is 9.48 Å². The molecule has 2 heterocycles. The maximum Gasteiger partial charge on any atom is 0.416 e. The number of benzene rings is 1. The number of nitrogens with zero attached hydrogens (tertiary/aromatic N) is 4. The van der Waals surface area contributed by atoms with Crippen LogP contribution >= 0.6 is 0 Å². The van der Waals surface area contributed by atoms with E-state index in [0.717, 1.165) is 22.7 Å². The number of nitrogens with one attached hydrogen (secondary N) is 2. The Balaban J connectivity index is 1.69. The maximum atomic E-state index is 12.9. The number of aromatic nitrogens is 3. The summed E-state index contributed by atoms with van der Waals surface area (Å²) in [6.07, 6.45) is -0.544. The molecule has 0 saturated carbocycles. The molecule has 3 aromatic rings. The second-order valence-corrected chi connectivity index (χ2v) is 8.68. The lowest BCUT2D eigenvalue weighted by atomic mass is 10.1. The fourth-order valence-corrected chi connectivity index (χ4v) is 3.44. The highest BCUT2D eigenvalue weighted by Crippen LogP contribution is 2.32. The summed E-state index contributed by atoms with van der Waals surface area (Å²) in [5, 5.41) is 6.49. The number of rotatable bonds is 7. The van der Waals surface area contributed by atoms with Crippen molar-refractivity contribution < 1.29 is 30.8 Å². The normalized spacial score (nSPS) is 12.2. The lowest BCUT2D eigenvalue weighted by Crippen LogP contribution is -2.41. The fraction of sp³-hybridized carbons (Fsp3) is 0.278. The molecule has 0 bridgehead atoms. The summed E-state index contributed by atoms with van der Waals surface area (Å²) in [6.45, 7) is 1.54. The summed E-state index contributed by atoms with van der Waals surface area (Å²) in [4.78, 5) is 16.1. The first-order valence-corrected chi connectivity index (χ1v) is 10.5. The lowest BCUT2D eigenvalue weighted by Gasteiger charge is -2.16. The van der Waals surface area contributed by atoms with Gasteiger partial charge in [0, 0.05) is 38.1 Å². The van der Waals surface area contributed by atoms with Crippen molar-refractivity contribution >= 4 is 27.8 Å². The minimum atomic E-state index is -4.54. The van der Waals surface area contributed by atoms with Gasteiger partial charge in [0.1, 0.15) is 6.26 Å². The van der Waals surface area contributed by atoms with Crippen LogP contribution in [0.5, 0.6) is 0 Å². The first-order valence-electron chi connectivity index (χ1n) is 9.01. The predicted octanol–water partition coefficient (Wildman–Crippen LogP) is 2.59. The Morgan fingerprint density at radius 3 is 2.66 bits per heavy atom. The van der Waals surface area contributed by atoms with Crippen molar-refractivity contribution in [2.75, 3.05) is 12.4 Å². The van der Waals surface area contributed by atoms with E-state index in [4.69, 9.17) is 4.42 Å². The SMILES string of the molecule is Cc1ccc(C(F)(F)F)cc1Nc1nc(C(=O)NS(=O)(=O)N(C)Cc2cnn(C)c2)co1. The molecule has 2 aromatic heterocycles. The van der Waals surface area contributed by atoms with Crippen molar-refractivity contribution in [2.24, 2.45) is 7.05 Å². The molecule has 0 aliphatic heterocycles. The van der Waals surface area contributed by atoms with Crippen molar-refractivity contribution in [3.05, 3.63) is 59.2 Å². The average Bonchev–Trinajstić information content (AvgIpc) is 3.31. The first kappa shape index (κ1) is 23.3. The van der Waals surface area contributed by atoms with Crippen molar-refractivity contribution in [1.29, 1.82) is 0 Å². The predicted molar refractivity (Wildman–Crippen MR) is 107 cm³/mol. The van der Waals surface area contributed by atoms with Gasteiger partial charge >= 0.3 is 16.4 Å². The number of carbonyl (C=O) groups excluding carboxylic acids is 1. The van der Waals surface area contributed by atoms with E-state index in [1.807, 2.05) is 4.72 Å². The molecule has 3 rings (SSSR count). The molecule has 1 aromatic carbocycles. The highest BCUT2D eigenvalue weighted by molar-refractivity contribution is 7.87. The molecule has 1 amide bonds. The number of hydrogen-bond acceptors (Lipinski definition) is 7. The standard InChI is InChI=1S/C18H19F3N6O4S/c1-11-4-5-13(18(19,20)21)6-14(11)23-17-24-15(10-31-17)16(28)25-32(29,30)27(3)9-12-7-22-26(2)8-12/h4-8,10H,9H2,1-3H3,(H,23,24)(H,25,28). The Kier molecular flexibility index (Phi) is 6.27. The number of aryl methyl sites for hydroxylation is 2. The third-order valence-corrected chi connectivity index (χ3v) is 5.73. The topological polar surface area (TPSA) is 122 Å². The van der Waals surface area contributed by atoms with Crippen LogP contribution in [0.2, 0.25) is 0 Å². The maximum absolute atomic E-state index is 12.9. The summed E-state index contributed by atoms with van der Waals surface area (Å²) in [6, 6.07) is 2.80. The molecule has 2 N–H and O–H groups in total. The molecule has 0 radical (unpaired) electrons. The van der Waals surface area contributed by atoms with Crippen LogP contribution in [0.3, 0.4) is 0 Å². The molecule has 32 heavy (non-hydrogen) atoms. The van der Waals surface area contributed by atoms with E-state index in [2.05, 4.69) is 15.4 Å². The number of anilines is 2. The summed E-state index contributed by atoms with van der Waals surface area (Å²) < 4.78 is 72.9. The molecule has 0 aliphatic rings. The van der Waals surface area contributed by atoms with Crippen LogP contribution in [0, 0.1) is 6.92 Å². The Labute approximate surface area is 181 Å². The van der Waals surface area contributed by atoms with E-state index in [1.54, 1.807) is 20.2 Å². The number of oxazole rings is 1. The number of hydrogen-bond donors (Lipinski definition) is 2. The molecule has 14 heteroatoms. The average molecular weight is 472 g/mol. The second kappa shape index (κ2) is 8.63. The van der Waals surface area contributed by atoms with Crippen LogP contribution in [0.4, 0.5) is 24.9 Å². The fourth-order valence-electron chi connectivity index (χ4n) is 2.63. The minimum Gasteiger partial charge on any atom is -0.431 e. The van der Waals surface area contributed by atoms with E-state index in [1.165, 1.54) is 24.0 Å². The van der Waals surface area contributed by atoms with E-state index in [-0.39, 0.29) is 23.9 Å². The highest BCUT2D eigenvalue weighted by atomic mass is 32.2. The molecule has 0 atom stereocenters. The van der Waals surface area contributed by atoms with Gasteiger partial charge < -0.3 is 9.73 Å². The van der Waals surface area contributed by atoms with Crippen LogP contribution in [0.15, 0.2) is 41.3 Å². The summed E-state index contributed by atoms with van der Waals surface area (Å²) in [5.41, 5.74) is -0.107. The minimum absolute atomic E-state index is 0.0309. The smallest absolute Gasteiger partial charge is 0.416 e. The van der Waals surface area contributed by atoms with Crippen LogP contribution in [0.1, 0.15) is 27.2 Å². The van der Waals surface area contributed by atoms with E-state index in [0.29, 0.717) is 11.1 Å². The lowest BCUT2D eigenvalue weighted by molar-refractivity contribution is -0.137. The Morgan fingerprint density at radius 1 is 1.31 bits per heavy atom. The largest absolute Gasteiger partial charge is 0.431 e. The van der Waals surface area contributed by atoms with Crippen LogP contribution in [-0.4, -0.2) is 40.4 Å². The number of carbonyl (C=O) groups is 1. The molecular weight excluding hydrogens is 453 g/mol. The summed E-state index contributed by atoms with van der Waals surface area (Å²) in [7, 11) is -1.26. The van der Waals surface area contributed by atoms with Gasteiger partial charge in [-0.15, -0.1) is 0 Å². The molecule has 0 unspecified atom stereocenters. The molecule has 0 saturated heterocycles. The van der Waals surface area contributed by atoms with E-state index >= 15 is 0 Å². The Bertz CT molecular complexity index is 1240. The molecular formula is C18H19F3N6O4S. The van der Waals surface area contributed by atoms with Crippen molar-refractivity contribution in [3.8, 4) is 0 Å². The Hall–Kier alpha value is -3.39. The van der Waals surface area contributed by atoms with Gasteiger partial charge in [0.15, 0.2) is 5.69 Å². The molecule has 0 aliphatic carbocycles. The zero-order valence-corrected chi connectivity index (χ0v) is 18.0. The third-order valence-electron chi connectivity index (χ3n) is 4.34.